The molecule has 1 saturated heterocycles. The highest BCUT2D eigenvalue weighted by Crippen LogP contribution is 2.20. The van der Waals surface area contributed by atoms with Crippen molar-refractivity contribution in [1.29, 1.82) is 0 Å². The predicted octanol–water partition coefficient (Wildman–Crippen LogP) is 1.08. The van der Waals surface area contributed by atoms with Crippen LogP contribution in [0.4, 0.5) is 5.95 Å². The number of rotatable bonds is 5. The summed E-state index contributed by atoms with van der Waals surface area (Å²) in [4.78, 5) is 37.4. The quantitative estimate of drug-likeness (QED) is 0.860. The van der Waals surface area contributed by atoms with Gasteiger partial charge < -0.3 is 14.2 Å². The second kappa shape index (κ2) is 7.33. The van der Waals surface area contributed by atoms with Gasteiger partial charge in [-0.1, -0.05) is 0 Å². The average molecular weight is 359 g/mol. The Kier molecular flexibility index (Phi) is 5.13. The van der Waals surface area contributed by atoms with Crippen LogP contribution in [0.3, 0.4) is 0 Å². The highest BCUT2D eigenvalue weighted by Gasteiger charge is 2.30. The van der Waals surface area contributed by atoms with E-state index in [1.165, 1.54) is 6.07 Å². The number of likely N-dealkylation sites (N-methyl/N-ethyl adjacent to an activating group) is 1. The summed E-state index contributed by atoms with van der Waals surface area (Å²) in [6, 6.07) is 3.48. The van der Waals surface area contributed by atoms with E-state index in [-0.39, 0.29) is 17.5 Å². The first-order valence-corrected chi connectivity index (χ1v) is 8.66. The van der Waals surface area contributed by atoms with Crippen LogP contribution in [0, 0.1) is 6.92 Å². The van der Waals surface area contributed by atoms with Gasteiger partial charge in [0.05, 0.1) is 17.5 Å². The molecule has 0 radical (unpaired) electrons. The summed E-state index contributed by atoms with van der Waals surface area (Å²) in [7, 11) is 5.67. The van der Waals surface area contributed by atoms with Gasteiger partial charge in [0.2, 0.25) is 5.95 Å². The van der Waals surface area contributed by atoms with E-state index in [4.69, 9.17) is 4.42 Å². The number of likely N-dealkylation sites (tertiary alicyclic amines) is 1. The third kappa shape index (κ3) is 3.80. The lowest BCUT2D eigenvalue weighted by atomic mass is 10.2. The van der Waals surface area contributed by atoms with Gasteiger partial charge in [-0.15, -0.1) is 0 Å². The van der Waals surface area contributed by atoms with Crippen LogP contribution in [0.25, 0.3) is 0 Å². The number of hydrogen-bond acceptors (Lipinski definition) is 6. The molecule has 1 aliphatic rings. The highest BCUT2D eigenvalue weighted by molar-refractivity contribution is 5.95. The number of nitrogens with zero attached hydrogens (tertiary/aromatic N) is 4. The second-order valence-electron chi connectivity index (χ2n) is 6.95. The Labute approximate surface area is 152 Å². The Balaban J connectivity index is 1.65. The van der Waals surface area contributed by atoms with Crippen molar-refractivity contribution in [2.24, 2.45) is 0 Å². The molecule has 0 unspecified atom stereocenters. The third-order valence-corrected chi connectivity index (χ3v) is 4.78. The van der Waals surface area contributed by atoms with Crippen LogP contribution in [0.2, 0.25) is 0 Å². The molecule has 140 valence electrons. The molecule has 1 atom stereocenters. The predicted molar refractivity (Wildman–Crippen MR) is 98.4 cm³/mol. The topological polar surface area (TPSA) is 85.7 Å². The average Bonchev–Trinajstić information content (AvgIpc) is 3.22. The molecule has 0 spiro atoms. The number of nitrogens with one attached hydrogen (secondary N) is 1. The zero-order valence-electron chi connectivity index (χ0n) is 15.7. The minimum atomic E-state index is -0.161. The number of furan rings is 1. The monoisotopic (exact) mass is 359 g/mol. The zero-order chi connectivity index (χ0) is 18.8. The summed E-state index contributed by atoms with van der Waals surface area (Å²) in [6.07, 6.45) is 2.44. The van der Waals surface area contributed by atoms with Crippen LogP contribution >= 0.6 is 0 Å². The first-order chi connectivity index (χ1) is 12.3. The van der Waals surface area contributed by atoms with Gasteiger partial charge in [0.1, 0.15) is 5.76 Å². The third-order valence-electron chi connectivity index (χ3n) is 4.78. The number of H-pyrrole nitrogens is 1. The van der Waals surface area contributed by atoms with E-state index in [0.29, 0.717) is 36.9 Å². The van der Waals surface area contributed by atoms with E-state index in [1.54, 1.807) is 24.2 Å². The van der Waals surface area contributed by atoms with Gasteiger partial charge in [0, 0.05) is 45.8 Å². The SMILES string of the molecule is Cc1occc1C(=O)N1CC[C@H](N(C)Cc2cc(=O)[nH]c(N(C)C)n2)C1. The lowest BCUT2D eigenvalue weighted by molar-refractivity contribution is 0.0777. The maximum atomic E-state index is 12.6. The minimum Gasteiger partial charge on any atom is -0.469 e. The Morgan fingerprint density at radius 1 is 1.42 bits per heavy atom. The zero-order valence-corrected chi connectivity index (χ0v) is 15.7. The van der Waals surface area contributed by atoms with Crippen molar-refractivity contribution in [1.82, 2.24) is 19.8 Å². The van der Waals surface area contributed by atoms with E-state index in [2.05, 4.69) is 14.9 Å². The summed E-state index contributed by atoms with van der Waals surface area (Å²) >= 11 is 0. The Bertz CT molecular complexity index is 841. The Hall–Kier alpha value is -2.61. The van der Waals surface area contributed by atoms with E-state index in [1.807, 2.05) is 26.0 Å². The minimum absolute atomic E-state index is 0.0105. The Morgan fingerprint density at radius 2 is 2.19 bits per heavy atom. The molecule has 0 saturated carbocycles. The maximum absolute atomic E-state index is 12.6. The van der Waals surface area contributed by atoms with Gasteiger partial charge in [0.15, 0.2) is 0 Å². The molecule has 1 N–H and O–H groups in total. The molecule has 2 aromatic heterocycles. The van der Waals surface area contributed by atoms with Crippen LogP contribution in [-0.4, -0.2) is 65.9 Å². The fourth-order valence-corrected chi connectivity index (χ4v) is 3.23. The first-order valence-electron chi connectivity index (χ1n) is 8.66. The molecule has 2 aromatic rings. The molecule has 8 nitrogen and oxygen atoms in total. The van der Waals surface area contributed by atoms with E-state index >= 15 is 0 Å². The van der Waals surface area contributed by atoms with Gasteiger partial charge in [-0.2, -0.15) is 0 Å². The number of anilines is 1. The molecule has 0 bridgehead atoms. The number of hydrogen-bond donors (Lipinski definition) is 1. The number of aromatic nitrogens is 2. The second-order valence-corrected chi connectivity index (χ2v) is 6.95. The van der Waals surface area contributed by atoms with Gasteiger partial charge in [-0.25, -0.2) is 4.98 Å². The largest absolute Gasteiger partial charge is 0.469 e. The van der Waals surface area contributed by atoms with Crippen molar-refractivity contribution < 1.29 is 9.21 Å². The number of aryl methyl sites for hydroxylation is 1. The van der Waals surface area contributed by atoms with Crippen LogP contribution in [0.1, 0.15) is 28.2 Å². The number of amides is 1. The molecule has 3 heterocycles. The van der Waals surface area contributed by atoms with E-state index < -0.39 is 0 Å². The van der Waals surface area contributed by atoms with Gasteiger partial charge in [0.25, 0.3) is 11.5 Å². The molecule has 0 aliphatic carbocycles. The summed E-state index contributed by atoms with van der Waals surface area (Å²) in [5.74, 6) is 1.20. The molecule has 1 amide bonds. The van der Waals surface area contributed by atoms with Gasteiger partial charge in [-0.05, 0) is 26.5 Å². The number of carbonyl (C=O) groups is 1. The fourth-order valence-electron chi connectivity index (χ4n) is 3.23. The fraction of sp³-hybridized carbons (Fsp3) is 0.500. The standard InChI is InChI=1S/C18H25N5O3/c1-12-15(6-8-26-12)17(25)23-7-5-14(11-23)22(4)10-13-9-16(24)20-18(19-13)21(2)3/h6,8-9,14H,5,7,10-11H2,1-4H3,(H,19,20,24)/t14-/m0/s1. The highest BCUT2D eigenvalue weighted by atomic mass is 16.3. The maximum Gasteiger partial charge on any atom is 0.257 e. The summed E-state index contributed by atoms with van der Waals surface area (Å²) < 4.78 is 5.24. The van der Waals surface area contributed by atoms with Crippen molar-refractivity contribution in [3.63, 3.8) is 0 Å². The van der Waals surface area contributed by atoms with Crippen molar-refractivity contribution in [3.8, 4) is 0 Å². The normalized spacial score (nSPS) is 17.1. The summed E-state index contributed by atoms with van der Waals surface area (Å²) in [5, 5.41) is 0. The molecule has 3 rings (SSSR count). The van der Waals surface area contributed by atoms with Crippen molar-refractivity contribution >= 4 is 11.9 Å². The van der Waals surface area contributed by atoms with Crippen LogP contribution in [0.5, 0.6) is 0 Å². The number of aromatic amines is 1. The lowest BCUT2D eigenvalue weighted by Crippen LogP contribution is -2.36. The van der Waals surface area contributed by atoms with Crippen LogP contribution in [-0.2, 0) is 6.54 Å². The van der Waals surface area contributed by atoms with Crippen molar-refractivity contribution in [2.75, 3.05) is 39.1 Å². The number of carbonyl (C=O) groups excluding carboxylic acids is 1. The van der Waals surface area contributed by atoms with E-state index in [0.717, 1.165) is 12.1 Å². The summed E-state index contributed by atoms with van der Waals surface area (Å²) in [5.41, 5.74) is 1.18. The van der Waals surface area contributed by atoms with E-state index in [9.17, 15) is 9.59 Å². The van der Waals surface area contributed by atoms with Gasteiger partial charge >= 0.3 is 0 Å². The molecule has 26 heavy (non-hydrogen) atoms. The van der Waals surface area contributed by atoms with Crippen molar-refractivity contribution in [2.45, 2.75) is 25.9 Å². The van der Waals surface area contributed by atoms with Gasteiger partial charge in [-0.3, -0.25) is 19.5 Å². The molecule has 0 aromatic carbocycles. The molecular weight excluding hydrogens is 334 g/mol. The lowest BCUT2D eigenvalue weighted by Gasteiger charge is -2.24. The smallest absolute Gasteiger partial charge is 0.257 e. The molecule has 1 aliphatic heterocycles. The van der Waals surface area contributed by atoms with Crippen LogP contribution in [0.15, 0.2) is 27.6 Å². The van der Waals surface area contributed by atoms with Crippen LogP contribution < -0.4 is 10.5 Å². The Morgan fingerprint density at radius 3 is 2.85 bits per heavy atom. The molecule has 8 heteroatoms. The molecular formula is C18H25N5O3. The van der Waals surface area contributed by atoms with Crippen molar-refractivity contribution in [3.05, 3.63) is 45.8 Å². The first kappa shape index (κ1) is 18.2. The molecule has 1 fully saturated rings. The summed E-state index contributed by atoms with van der Waals surface area (Å²) in [6.45, 7) is 3.73.